The van der Waals surface area contributed by atoms with Crippen LogP contribution < -0.4 is 5.32 Å². The van der Waals surface area contributed by atoms with Gasteiger partial charge in [-0.1, -0.05) is 20.3 Å². The average Bonchev–Trinajstić information content (AvgIpc) is 2.99. The van der Waals surface area contributed by atoms with E-state index in [2.05, 4.69) is 28.7 Å². The van der Waals surface area contributed by atoms with Crippen molar-refractivity contribution >= 4 is 0 Å². The van der Waals surface area contributed by atoms with Gasteiger partial charge in [0, 0.05) is 18.8 Å². The lowest BCUT2D eigenvalue weighted by molar-refractivity contribution is 0.491. The van der Waals surface area contributed by atoms with E-state index in [1.807, 2.05) is 12.5 Å². The Morgan fingerprint density at radius 2 is 2.40 bits per heavy atom. The Morgan fingerprint density at radius 1 is 1.60 bits per heavy atom. The molecule has 1 aromatic rings. The van der Waals surface area contributed by atoms with Crippen molar-refractivity contribution in [1.29, 1.82) is 0 Å². The molecule has 1 saturated carbocycles. The molecule has 1 aliphatic carbocycles. The molecule has 84 valence electrons. The predicted molar refractivity (Wildman–Crippen MR) is 61.7 cm³/mol. The number of rotatable bonds is 6. The molecule has 3 nitrogen and oxygen atoms in total. The Hall–Kier alpha value is -0.830. The Labute approximate surface area is 91.9 Å². The molecule has 1 N–H and O–H groups in total. The lowest BCUT2D eigenvalue weighted by Gasteiger charge is -2.11. The summed E-state index contributed by atoms with van der Waals surface area (Å²) in [6.45, 7) is 6.58. The Bertz CT molecular complexity index is 302. The van der Waals surface area contributed by atoms with Gasteiger partial charge in [-0.25, -0.2) is 4.98 Å². The van der Waals surface area contributed by atoms with E-state index in [1.54, 1.807) is 0 Å². The number of hydrogen-bond acceptors (Lipinski definition) is 2. The minimum absolute atomic E-state index is 0.743. The summed E-state index contributed by atoms with van der Waals surface area (Å²) >= 11 is 0. The average molecular weight is 207 g/mol. The summed E-state index contributed by atoms with van der Waals surface area (Å²) in [4.78, 5) is 4.22. The molecule has 1 atom stereocenters. The molecule has 0 spiro atoms. The van der Waals surface area contributed by atoms with Gasteiger partial charge in [-0.3, -0.25) is 0 Å². The van der Waals surface area contributed by atoms with Crippen molar-refractivity contribution in [2.24, 2.45) is 5.92 Å². The third-order valence-corrected chi connectivity index (χ3v) is 3.18. The first kappa shape index (κ1) is 10.7. The third-order valence-electron chi connectivity index (χ3n) is 3.18. The Morgan fingerprint density at radius 3 is 3.07 bits per heavy atom. The van der Waals surface area contributed by atoms with Crippen LogP contribution in [0, 0.1) is 5.92 Å². The number of hydrogen-bond donors (Lipinski definition) is 1. The van der Waals surface area contributed by atoms with E-state index in [-0.39, 0.29) is 0 Å². The van der Waals surface area contributed by atoms with E-state index in [9.17, 15) is 0 Å². The van der Waals surface area contributed by atoms with Gasteiger partial charge in [0.25, 0.3) is 0 Å². The second-order valence-corrected chi connectivity index (χ2v) is 4.67. The van der Waals surface area contributed by atoms with Crippen molar-refractivity contribution in [2.45, 2.75) is 45.7 Å². The van der Waals surface area contributed by atoms with E-state index in [4.69, 9.17) is 0 Å². The van der Waals surface area contributed by atoms with Gasteiger partial charge in [0.15, 0.2) is 0 Å². The van der Waals surface area contributed by atoms with Crippen molar-refractivity contribution in [2.75, 3.05) is 6.54 Å². The molecule has 2 rings (SSSR count). The van der Waals surface area contributed by atoms with Crippen molar-refractivity contribution < 1.29 is 0 Å². The van der Waals surface area contributed by atoms with Crippen LogP contribution in [0.15, 0.2) is 12.5 Å². The van der Waals surface area contributed by atoms with Crippen LogP contribution in [-0.4, -0.2) is 16.1 Å². The fourth-order valence-corrected chi connectivity index (χ4v) is 1.74. The summed E-state index contributed by atoms with van der Waals surface area (Å²) in [7, 11) is 0. The first-order valence-electron chi connectivity index (χ1n) is 6.02. The topological polar surface area (TPSA) is 29.9 Å². The molecule has 1 heterocycles. The summed E-state index contributed by atoms with van der Waals surface area (Å²) in [5.41, 5.74) is 1.33. The van der Waals surface area contributed by atoms with Gasteiger partial charge in [-0.15, -0.1) is 0 Å². The number of nitrogens with one attached hydrogen (secondary N) is 1. The molecular formula is C12H21N3. The molecular weight excluding hydrogens is 186 g/mol. The zero-order chi connectivity index (χ0) is 10.7. The predicted octanol–water partition coefficient (Wildman–Crippen LogP) is 2.35. The summed E-state index contributed by atoms with van der Waals surface area (Å²) in [5, 5.41) is 3.50. The highest BCUT2D eigenvalue weighted by Gasteiger charge is 2.24. The standard InChI is InChI=1S/C12H21N3/c1-3-10(2)6-13-7-12-8-14-9-15(12)11-4-5-11/h8-11,13H,3-7H2,1-2H3. The minimum Gasteiger partial charge on any atom is -0.330 e. The summed E-state index contributed by atoms with van der Waals surface area (Å²) in [6.07, 6.45) is 7.86. The highest BCUT2D eigenvalue weighted by atomic mass is 15.1. The lowest BCUT2D eigenvalue weighted by Crippen LogP contribution is -2.21. The fourth-order valence-electron chi connectivity index (χ4n) is 1.74. The summed E-state index contributed by atoms with van der Waals surface area (Å²) < 4.78 is 2.32. The maximum atomic E-state index is 4.22. The molecule has 1 aliphatic rings. The highest BCUT2D eigenvalue weighted by Crippen LogP contribution is 2.35. The van der Waals surface area contributed by atoms with E-state index in [0.717, 1.165) is 25.0 Å². The summed E-state index contributed by atoms with van der Waals surface area (Å²) in [6, 6.07) is 0.743. The second-order valence-electron chi connectivity index (χ2n) is 4.67. The monoisotopic (exact) mass is 207 g/mol. The molecule has 1 unspecified atom stereocenters. The molecule has 0 aliphatic heterocycles. The van der Waals surface area contributed by atoms with Crippen LogP contribution in [-0.2, 0) is 6.54 Å². The molecule has 0 bridgehead atoms. The smallest absolute Gasteiger partial charge is 0.0951 e. The van der Waals surface area contributed by atoms with E-state index >= 15 is 0 Å². The van der Waals surface area contributed by atoms with Crippen molar-refractivity contribution in [1.82, 2.24) is 14.9 Å². The molecule has 1 fully saturated rings. The van der Waals surface area contributed by atoms with Gasteiger partial charge in [-0.05, 0) is 25.3 Å². The first-order valence-corrected chi connectivity index (χ1v) is 6.02. The lowest BCUT2D eigenvalue weighted by atomic mass is 10.1. The molecule has 15 heavy (non-hydrogen) atoms. The van der Waals surface area contributed by atoms with Gasteiger partial charge < -0.3 is 9.88 Å². The summed E-state index contributed by atoms with van der Waals surface area (Å²) in [5.74, 6) is 0.766. The largest absolute Gasteiger partial charge is 0.330 e. The normalized spacial score (nSPS) is 18.0. The van der Waals surface area contributed by atoms with Crippen LogP contribution in [0.1, 0.15) is 44.8 Å². The fraction of sp³-hybridized carbons (Fsp3) is 0.750. The van der Waals surface area contributed by atoms with Crippen LogP contribution in [0.2, 0.25) is 0 Å². The molecule has 0 amide bonds. The molecule has 1 aromatic heterocycles. The van der Waals surface area contributed by atoms with Crippen molar-refractivity contribution in [3.8, 4) is 0 Å². The van der Waals surface area contributed by atoms with Crippen LogP contribution in [0.3, 0.4) is 0 Å². The second kappa shape index (κ2) is 4.79. The van der Waals surface area contributed by atoms with Crippen LogP contribution in [0.5, 0.6) is 0 Å². The minimum atomic E-state index is 0.743. The van der Waals surface area contributed by atoms with Gasteiger partial charge in [0.2, 0.25) is 0 Å². The zero-order valence-corrected chi connectivity index (χ0v) is 9.74. The maximum absolute atomic E-state index is 4.22. The number of aromatic nitrogens is 2. The van der Waals surface area contributed by atoms with E-state index in [0.29, 0.717) is 0 Å². The molecule has 0 saturated heterocycles. The number of imidazole rings is 1. The third kappa shape index (κ3) is 2.81. The van der Waals surface area contributed by atoms with Gasteiger partial charge >= 0.3 is 0 Å². The number of nitrogens with zero attached hydrogens (tertiary/aromatic N) is 2. The van der Waals surface area contributed by atoms with Crippen molar-refractivity contribution in [3.05, 3.63) is 18.2 Å². The van der Waals surface area contributed by atoms with Gasteiger partial charge in [0.1, 0.15) is 0 Å². The first-order chi connectivity index (χ1) is 7.31. The SMILES string of the molecule is CCC(C)CNCc1cncn1C1CC1. The van der Waals surface area contributed by atoms with Gasteiger partial charge in [0.05, 0.1) is 12.0 Å². The Balaban J connectivity index is 1.80. The molecule has 0 radical (unpaired) electrons. The van der Waals surface area contributed by atoms with Crippen LogP contribution in [0.4, 0.5) is 0 Å². The quantitative estimate of drug-likeness (QED) is 0.776. The van der Waals surface area contributed by atoms with Crippen LogP contribution in [0.25, 0.3) is 0 Å². The maximum Gasteiger partial charge on any atom is 0.0951 e. The van der Waals surface area contributed by atoms with E-state index in [1.165, 1.54) is 25.0 Å². The molecule has 3 heteroatoms. The highest BCUT2D eigenvalue weighted by molar-refractivity contribution is 5.03. The molecule has 0 aromatic carbocycles. The van der Waals surface area contributed by atoms with Gasteiger partial charge in [-0.2, -0.15) is 0 Å². The zero-order valence-electron chi connectivity index (χ0n) is 9.74. The van der Waals surface area contributed by atoms with E-state index < -0.39 is 0 Å². The Kier molecular flexibility index (Phi) is 3.41. The van der Waals surface area contributed by atoms with Crippen molar-refractivity contribution in [3.63, 3.8) is 0 Å². The van der Waals surface area contributed by atoms with Crippen LogP contribution >= 0.6 is 0 Å².